The van der Waals surface area contributed by atoms with Crippen molar-refractivity contribution in [3.63, 3.8) is 0 Å². The van der Waals surface area contributed by atoms with Gasteiger partial charge in [-0.15, -0.1) is 10.2 Å². The number of benzene rings is 2. The van der Waals surface area contributed by atoms with Crippen LogP contribution in [0, 0.1) is 13.8 Å². The zero-order valence-electron chi connectivity index (χ0n) is 27.8. The molecule has 1 amide bonds. The van der Waals surface area contributed by atoms with Gasteiger partial charge in [-0.25, -0.2) is 14.8 Å². The minimum absolute atomic E-state index is 0.214. The summed E-state index contributed by atoms with van der Waals surface area (Å²) in [6.07, 6.45) is 0.995. The van der Waals surface area contributed by atoms with E-state index in [4.69, 9.17) is 14.7 Å². The minimum Gasteiger partial charge on any atom is -0.464 e. The molecule has 0 saturated heterocycles. The first-order valence-corrected chi connectivity index (χ1v) is 16.2. The summed E-state index contributed by atoms with van der Waals surface area (Å²) in [4.78, 5) is 36.1. The fourth-order valence-corrected chi connectivity index (χ4v) is 6.15. The van der Waals surface area contributed by atoms with Gasteiger partial charge >= 0.3 is 5.97 Å². The number of nitrogens with one attached hydrogen (secondary N) is 2. The van der Waals surface area contributed by atoms with Crippen molar-refractivity contribution in [1.29, 1.82) is 0 Å². The quantitative estimate of drug-likeness (QED) is 0.172. The molecule has 6 aromatic rings. The van der Waals surface area contributed by atoms with Crippen molar-refractivity contribution in [2.45, 2.75) is 66.6 Å². The number of aromatic amines is 1. The van der Waals surface area contributed by atoms with Crippen LogP contribution in [0.3, 0.4) is 0 Å². The minimum atomic E-state index is -0.856. The molecule has 2 aromatic carbocycles. The van der Waals surface area contributed by atoms with Crippen LogP contribution in [0.15, 0.2) is 66.7 Å². The Hall–Kier alpha value is -5.65. The van der Waals surface area contributed by atoms with E-state index in [1.54, 1.807) is 13.0 Å². The lowest BCUT2D eigenvalue weighted by molar-refractivity contribution is -0.145. The van der Waals surface area contributed by atoms with Crippen molar-refractivity contribution < 1.29 is 14.3 Å². The Morgan fingerprint density at radius 2 is 1.71 bits per heavy atom. The van der Waals surface area contributed by atoms with Gasteiger partial charge in [0.25, 0.3) is 5.91 Å². The van der Waals surface area contributed by atoms with Crippen molar-refractivity contribution in [3.05, 3.63) is 101 Å². The summed E-state index contributed by atoms with van der Waals surface area (Å²) in [6.45, 7) is 11.4. The lowest BCUT2D eigenvalue weighted by atomic mass is 10.0. The molecule has 12 nitrogen and oxygen atoms in total. The molecule has 4 heterocycles. The van der Waals surface area contributed by atoms with Crippen LogP contribution in [0.25, 0.3) is 33.8 Å². The fraction of sp³-hybridized carbons (Fsp3) is 0.306. The maximum absolute atomic E-state index is 13.6. The second-order valence-corrected chi connectivity index (χ2v) is 11.7. The number of fused-ring (bicyclic) bond motifs is 1. The highest BCUT2D eigenvalue weighted by atomic mass is 16.5. The molecule has 0 unspecified atom stereocenters. The number of aryl methyl sites for hydroxylation is 3. The lowest BCUT2D eigenvalue weighted by Gasteiger charge is -2.17. The van der Waals surface area contributed by atoms with Crippen LogP contribution in [0.4, 0.5) is 0 Å². The number of aromatic nitrogens is 8. The molecule has 0 saturated carbocycles. The summed E-state index contributed by atoms with van der Waals surface area (Å²) in [5, 5.41) is 17.6. The maximum Gasteiger partial charge on any atom is 0.328 e. The molecule has 6 rings (SSSR count). The van der Waals surface area contributed by atoms with Crippen LogP contribution in [0.1, 0.15) is 59.5 Å². The van der Waals surface area contributed by atoms with E-state index in [1.807, 2.05) is 37.3 Å². The van der Waals surface area contributed by atoms with Crippen LogP contribution < -0.4 is 5.32 Å². The number of ether oxygens (including phenoxy) is 1. The molecular weight excluding hydrogens is 606 g/mol. The van der Waals surface area contributed by atoms with Crippen molar-refractivity contribution in [2.24, 2.45) is 0 Å². The zero-order valence-corrected chi connectivity index (χ0v) is 27.8. The third-order valence-electron chi connectivity index (χ3n) is 8.46. The molecule has 0 aliphatic rings. The van der Waals surface area contributed by atoms with E-state index in [0.717, 1.165) is 57.1 Å². The first-order chi connectivity index (χ1) is 23.3. The van der Waals surface area contributed by atoms with Gasteiger partial charge in [-0.2, -0.15) is 5.21 Å². The molecule has 48 heavy (non-hydrogen) atoms. The summed E-state index contributed by atoms with van der Waals surface area (Å²) in [5.74, 6) is 0.484. The molecule has 12 heteroatoms. The van der Waals surface area contributed by atoms with Gasteiger partial charge in [-0.1, -0.05) is 61.5 Å². The Labute approximate surface area is 278 Å². The number of tetrazole rings is 1. The Balaban J connectivity index is 1.30. The highest BCUT2D eigenvalue weighted by Crippen LogP contribution is 2.33. The van der Waals surface area contributed by atoms with Crippen LogP contribution in [0.2, 0.25) is 0 Å². The molecule has 0 bridgehead atoms. The number of amides is 1. The van der Waals surface area contributed by atoms with E-state index in [2.05, 4.69) is 86.2 Å². The summed E-state index contributed by atoms with van der Waals surface area (Å²) in [7, 11) is 0. The number of hydrogen-bond donors (Lipinski definition) is 2. The van der Waals surface area contributed by atoms with Gasteiger partial charge in [-0.05, 0) is 67.3 Å². The van der Waals surface area contributed by atoms with Gasteiger partial charge < -0.3 is 19.2 Å². The predicted octanol–water partition coefficient (Wildman–Crippen LogP) is 5.23. The number of rotatable bonds is 12. The Morgan fingerprint density at radius 3 is 2.38 bits per heavy atom. The molecule has 0 aliphatic carbocycles. The average molecular weight is 646 g/mol. The Morgan fingerprint density at radius 1 is 0.938 bits per heavy atom. The standard InChI is InChI=1S/C36H39N9O3/c1-6-30-39-31-22(4)18-28(35(46)38-29(36(47)48-8-3)20-24-12-10-9-11-13-24)37-34(31)45(30)21-25-14-16-26(17-15-25)32-27(33-40-42-43-41-33)19-23(5)44(32)7-2/h9-19,29H,6-8,20-21H2,1-5H3,(H,38,46)(H,40,41,42,43)/t29-/m0/s1. The van der Waals surface area contributed by atoms with Crippen molar-refractivity contribution in [3.8, 4) is 22.6 Å². The van der Waals surface area contributed by atoms with E-state index >= 15 is 0 Å². The predicted molar refractivity (Wildman–Crippen MR) is 182 cm³/mol. The molecule has 0 aliphatic heterocycles. The van der Waals surface area contributed by atoms with Crippen LogP contribution in [-0.2, 0) is 35.5 Å². The van der Waals surface area contributed by atoms with Crippen LogP contribution in [0.5, 0.6) is 0 Å². The summed E-state index contributed by atoms with van der Waals surface area (Å²) >= 11 is 0. The van der Waals surface area contributed by atoms with E-state index in [0.29, 0.717) is 30.9 Å². The number of carbonyl (C=O) groups is 2. The highest BCUT2D eigenvalue weighted by molar-refractivity contribution is 5.97. The summed E-state index contributed by atoms with van der Waals surface area (Å²) < 4.78 is 9.59. The summed E-state index contributed by atoms with van der Waals surface area (Å²) in [6, 6.07) is 20.9. The number of hydrogen-bond acceptors (Lipinski definition) is 8. The van der Waals surface area contributed by atoms with Gasteiger partial charge in [0.2, 0.25) is 5.82 Å². The second-order valence-electron chi connectivity index (χ2n) is 11.7. The molecule has 246 valence electrons. The van der Waals surface area contributed by atoms with E-state index in [1.165, 1.54) is 0 Å². The number of pyridine rings is 1. The van der Waals surface area contributed by atoms with Crippen molar-refractivity contribution in [2.75, 3.05) is 6.61 Å². The van der Waals surface area contributed by atoms with Crippen LogP contribution >= 0.6 is 0 Å². The van der Waals surface area contributed by atoms with E-state index < -0.39 is 17.9 Å². The Kier molecular flexibility index (Phi) is 9.42. The van der Waals surface area contributed by atoms with Crippen molar-refractivity contribution in [1.82, 2.24) is 45.0 Å². The number of carbonyl (C=O) groups excluding carboxylic acids is 2. The van der Waals surface area contributed by atoms with Crippen LogP contribution in [-0.4, -0.2) is 64.3 Å². The molecule has 1 atom stereocenters. The smallest absolute Gasteiger partial charge is 0.328 e. The van der Waals surface area contributed by atoms with E-state index in [9.17, 15) is 9.59 Å². The van der Waals surface area contributed by atoms with E-state index in [-0.39, 0.29) is 12.3 Å². The molecule has 0 radical (unpaired) electrons. The molecular formula is C36H39N9O3. The lowest BCUT2D eigenvalue weighted by Crippen LogP contribution is -2.43. The van der Waals surface area contributed by atoms with Gasteiger partial charge in [0, 0.05) is 30.6 Å². The topological polar surface area (TPSA) is 146 Å². The zero-order chi connectivity index (χ0) is 33.8. The third-order valence-corrected chi connectivity index (χ3v) is 8.46. The van der Waals surface area contributed by atoms with Gasteiger partial charge in [0.05, 0.1) is 18.8 Å². The average Bonchev–Trinajstić information content (AvgIpc) is 3.83. The molecule has 0 fully saturated rings. The van der Waals surface area contributed by atoms with Gasteiger partial charge in [0.15, 0.2) is 5.65 Å². The van der Waals surface area contributed by atoms with Gasteiger partial charge in [-0.3, -0.25) is 4.79 Å². The fourth-order valence-electron chi connectivity index (χ4n) is 6.15. The second kappa shape index (κ2) is 14.0. The number of esters is 1. The SMILES string of the molecule is CCOC(=O)[C@H](Cc1ccccc1)NC(=O)c1cc(C)c2nc(CC)n(Cc3ccc(-c4c(-c5nn[nH]n5)cc(C)n4CC)cc3)c2n1. The molecule has 4 aromatic heterocycles. The van der Waals surface area contributed by atoms with Crippen molar-refractivity contribution >= 4 is 23.0 Å². The first kappa shape index (κ1) is 32.3. The first-order valence-electron chi connectivity index (χ1n) is 16.2. The number of imidazole rings is 1. The Bertz CT molecular complexity index is 2050. The molecule has 2 N–H and O–H groups in total. The largest absolute Gasteiger partial charge is 0.464 e. The van der Waals surface area contributed by atoms with Gasteiger partial charge in [0.1, 0.15) is 23.1 Å². The highest BCUT2D eigenvalue weighted by Gasteiger charge is 2.25. The number of H-pyrrole nitrogens is 1. The monoisotopic (exact) mass is 645 g/mol. The molecule has 0 spiro atoms. The third kappa shape index (κ3) is 6.46. The maximum atomic E-state index is 13.6. The normalized spacial score (nSPS) is 11.9. The summed E-state index contributed by atoms with van der Waals surface area (Å²) in [5.41, 5.74) is 8.48. The number of nitrogens with zero attached hydrogens (tertiary/aromatic N) is 7.